The summed E-state index contributed by atoms with van der Waals surface area (Å²) in [5.41, 5.74) is 2.03. The molecule has 132 valence electrons. The fourth-order valence-corrected chi connectivity index (χ4v) is 3.30. The van der Waals surface area contributed by atoms with Crippen molar-refractivity contribution in [1.82, 2.24) is 10.2 Å². The van der Waals surface area contributed by atoms with Gasteiger partial charge in [0.2, 0.25) is 5.91 Å². The molecule has 0 aromatic heterocycles. The topological polar surface area (TPSA) is 62.8 Å². The Morgan fingerprint density at radius 3 is 2.88 bits per heavy atom. The van der Waals surface area contributed by atoms with Crippen molar-refractivity contribution in [2.45, 2.75) is 32.0 Å². The van der Waals surface area contributed by atoms with Crippen LogP contribution in [0.15, 0.2) is 24.3 Å². The van der Waals surface area contributed by atoms with Crippen LogP contribution >= 0.6 is 0 Å². The van der Waals surface area contributed by atoms with Crippen LogP contribution in [0.25, 0.3) is 0 Å². The maximum Gasteiger partial charge on any atom is 0.244 e. The van der Waals surface area contributed by atoms with Gasteiger partial charge in [-0.3, -0.25) is 9.69 Å². The monoisotopic (exact) mass is 333 g/mol. The van der Waals surface area contributed by atoms with E-state index in [1.165, 1.54) is 5.56 Å². The SMILES string of the molecule is CC(c1cccc(NC(=O)[C@H]2NCCO[C@@H]2C)c1)N1CCOCC1. The lowest BCUT2D eigenvalue weighted by molar-refractivity contribution is -0.123. The predicted molar refractivity (Wildman–Crippen MR) is 93.1 cm³/mol. The summed E-state index contributed by atoms with van der Waals surface area (Å²) >= 11 is 0. The number of nitrogens with one attached hydrogen (secondary N) is 2. The molecule has 6 heteroatoms. The second-order valence-corrected chi connectivity index (χ2v) is 6.45. The van der Waals surface area contributed by atoms with Crippen molar-refractivity contribution in [3.05, 3.63) is 29.8 Å². The van der Waals surface area contributed by atoms with E-state index < -0.39 is 0 Å². The molecule has 1 aromatic carbocycles. The molecule has 0 aliphatic carbocycles. The average Bonchev–Trinajstić information content (AvgIpc) is 2.62. The molecule has 3 atom stereocenters. The Morgan fingerprint density at radius 1 is 1.33 bits per heavy atom. The van der Waals surface area contributed by atoms with E-state index in [0.29, 0.717) is 19.2 Å². The van der Waals surface area contributed by atoms with E-state index in [2.05, 4.69) is 34.6 Å². The van der Waals surface area contributed by atoms with Crippen molar-refractivity contribution in [1.29, 1.82) is 0 Å². The Morgan fingerprint density at radius 2 is 2.12 bits per heavy atom. The van der Waals surface area contributed by atoms with Gasteiger partial charge in [0.15, 0.2) is 0 Å². The van der Waals surface area contributed by atoms with E-state index in [9.17, 15) is 4.79 Å². The highest BCUT2D eigenvalue weighted by Crippen LogP contribution is 2.24. The van der Waals surface area contributed by atoms with Gasteiger partial charge in [0.25, 0.3) is 0 Å². The molecular formula is C18H27N3O3. The number of ether oxygens (including phenoxy) is 2. The third-order valence-electron chi connectivity index (χ3n) is 4.83. The van der Waals surface area contributed by atoms with Crippen molar-refractivity contribution in [2.24, 2.45) is 0 Å². The number of rotatable bonds is 4. The quantitative estimate of drug-likeness (QED) is 0.872. The normalized spacial score (nSPS) is 26.8. The Bertz CT molecular complexity index is 560. The fourth-order valence-electron chi connectivity index (χ4n) is 3.30. The van der Waals surface area contributed by atoms with E-state index in [1.807, 2.05) is 19.1 Å². The zero-order valence-electron chi connectivity index (χ0n) is 14.5. The van der Waals surface area contributed by atoms with Gasteiger partial charge < -0.3 is 20.1 Å². The summed E-state index contributed by atoms with van der Waals surface area (Å²) in [7, 11) is 0. The smallest absolute Gasteiger partial charge is 0.244 e. The van der Waals surface area contributed by atoms with E-state index in [4.69, 9.17) is 9.47 Å². The number of anilines is 1. The Hall–Kier alpha value is -1.47. The third-order valence-corrected chi connectivity index (χ3v) is 4.83. The molecule has 2 aliphatic heterocycles. The number of nitrogens with zero attached hydrogens (tertiary/aromatic N) is 1. The van der Waals surface area contributed by atoms with Crippen LogP contribution in [0.4, 0.5) is 5.69 Å². The number of hydrogen-bond donors (Lipinski definition) is 2. The summed E-state index contributed by atoms with van der Waals surface area (Å²) in [6, 6.07) is 8.10. The zero-order chi connectivity index (χ0) is 16.9. The van der Waals surface area contributed by atoms with E-state index in [0.717, 1.165) is 32.0 Å². The highest BCUT2D eigenvalue weighted by molar-refractivity contribution is 5.95. The molecule has 6 nitrogen and oxygen atoms in total. The first-order chi connectivity index (χ1) is 11.6. The van der Waals surface area contributed by atoms with Gasteiger partial charge in [-0.15, -0.1) is 0 Å². The summed E-state index contributed by atoms with van der Waals surface area (Å²) in [5.74, 6) is -0.0432. The second-order valence-electron chi connectivity index (χ2n) is 6.45. The maximum absolute atomic E-state index is 12.5. The maximum atomic E-state index is 12.5. The Kier molecular flexibility index (Phi) is 5.84. The van der Waals surface area contributed by atoms with E-state index >= 15 is 0 Å². The predicted octanol–water partition coefficient (Wildman–Crippen LogP) is 1.40. The van der Waals surface area contributed by atoms with Gasteiger partial charge >= 0.3 is 0 Å². The van der Waals surface area contributed by atoms with Crippen molar-refractivity contribution in [3.8, 4) is 0 Å². The minimum atomic E-state index is -0.306. The number of amides is 1. The van der Waals surface area contributed by atoms with Gasteiger partial charge in [0, 0.05) is 31.4 Å². The lowest BCUT2D eigenvalue weighted by Crippen LogP contribution is -2.53. The standard InChI is InChI=1S/C18H27N3O3/c1-13(21-7-10-23-11-8-21)15-4-3-5-16(12-15)20-18(22)17-14(2)24-9-6-19-17/h3-5,12-14,17,19H,6-11H2,1-2H3,(H,20,22)/t13?,14-,17+/m1/s1. The molecule has 3 rings (SSSR count). The van der Waals surface area contributed by atoms with Crippen molar-refractivity contribution < 1.29 is 14.3 Å². The van der Waals surface area contributed by atoms with Crippen LogP contribution in [0.3, 0.4) is 0 Å². The van der Waals surface area contributed by atoms with Gasteiger partial charge in [0.1, 0.15) is 6.04 Å². The number of carbonyl (C=O) groups is 1. The molecule has 2 aliphatic rings. The summed E-state index contributed by atoms with van der Waals surface area (Å²) in [5, 5.41) is 6.23. The van der Waals surface area contributed by atoms with Crippen LogP contribution in [0, 0.1) is 0 Å². The van der Waals surface area contributed by atoms with Gasteiger partial charge in [-0.25, -0.2) is 0 Å². The summed E-state index contributed by atoms with van der Waals surface area (Å²) in [6.07, 6.45) is -0.116. The van der Waals surface area contributed by atoms with Crippen LogP contribution in [-0.4, -0.2) is 62.4 Å². The Balaban J connectivity index is 1.65. The highest BCUT2D eigenvalue weighted by atomic mass is 16.5. The largest absolute Gasteiger partial charge is 0.379 e. The first-order valence-corrected chi connectivity index (χ1v) is 8.73. The first kappa shape index (κ1) is 17.4. The van der Waals surface area contributed by atoms with Crippen LogP contribution in [0.1, 0.15) is 25.5 Å². The van der Waals surface area contributed by atoms with Gasteiger partial charge in [-0.2, -0.15) is 0 Å². The van der Waals surface area contributed by atoms with E-state index in [1.54, 1.807) is 0 Å². The first-order valence-electron chi connectivity index (χ1n) is 8.73. The molecule has 24 heavy (non-hydrogen) atoms. The summed E-state index contributed by atoms with van der Waals surface area (Å²) in [4.78, 5) is 14.9. The van der Waals surface area contributed by atoms with Crippen LogP contribution in [0.5, 0.6) is 0 Å². The molecule has 1 amide bonds. The lowest BCUT2D eigenvalue weighted by Gasteiger charge is -2.32. The molecule has 2 N–H and O–H groups in total. The van der Waals surface area contributed by atoms with Crippen molar-refractivity contribution >= 4 is 11.6 Å². The summed E-state index contributed by atoms with van der Waals surface area (Å²) in [6.45, 7) is 8.93. The molecule has 0 radical (unpaired) electrons. The number of morpholine rings is 2. The van der Waals surface area contributed by atoms with E-state index in [-0.39, 0.29) is 18.1 Å². The van der Waals surface area contributed by atoms with Gasteiger partial charge in [-0.05, 0) is 31.5 Å². The Labute approximate surface area is 143 Å². The number of benzene rings is 1. The second kappa shape index (κ2) is 8.07. The highest BCUT2D eigenvalue weighted by Gasteiger charge is 2.28. The lowest BCUT2D eigenvalue weighted by atomic mass is 10.1. The van der Waals surface area contributed by atoms with Gasteiger partial charge in [0.05, 0.1) is 25.9 Å². The molecule has 0 spiro atoms. The molecule has 0 saturated carbocycles. The molecule has 1 aromatic rings. The molecule has 2 heterocycles. The van der Waals surface area contributed by atoms with Crippen LogP contribution in [0.2, 0.25) is 0 Å². The molecule has 2 fully saturated rings. The molecule has 1 unspecified atom stereocenters. The van der Waals surface area contributed by atoms with Crippen molar-refractivity contribution in [3.63, 3.8) is 0 Å². The number of hydrogen-bond acceptors (Lipinski definition) is 5. The average molecular weight is 333 g/mol. The summed E-state index contributed by atoms with van der Waals surface area (Å²) < 4.78 is 11.0. The van der Waals surface area contributed by atoms with Crippen LogP contribution in [-0.2, 0) is 14.3 Å². The number of carbonyl (C=O) groups excluding carboxylic acids is 1. The fraction of sp³-hybridized carbons (Fsp3) is 0.611. The van der Waals surface area contributed by atoms with Gasteiger partial charge in [-0.1, -0.05) is 12.1 Å². The van der Waals surface area contributed by atoms with Crippen LogP contribution < -0.4 is 10.6 Å². The molecule has 0 bridgehead atoms. The molecule has 2 saturated heterocycles. The molecular weight excluding hydrogens is 306 g/mol. The van der Waals surface area contributed by atoms with Crippen molar-refractivity contribution in [2.75, 3.05) is 44.8 Å². The zero-order valence-corrected chi connectivity index (χ0v) is 14.5. The minimum absolute atomic E-state index is 0.0432. The third kappa shape index (κ3) is 4.13. The minimum Gasteiger partial charge on any atom is -0.379 e.